The summed E-state index contributed by atoms with van der Waals surface area (Å²) >= 11 is 0. The minimum Gasteiger partial charge on any atom is -0.398 e. The van der Waals surface area contributed by atoms with Gasteiger partial charge in [0.25, 0.3) is 0 Å². The molecule has 2 aromatic rings. The van der Waals surface area contributed by atoms with Crippen molar-refractivity contribution >= 4 is 11.4 Å². The normalized spacial score (nSPS) is 10.7. The summed E-state index contributed by atoms with van der Waals surface area (Å²) in [6.45, 7) is 8.20. The number of hydrogen-bond donors (Lipinski definition) is 2. The summed E-state index contributed by atoms with van der Waals surface area (Å²) in [4.78, 5) is 0. The average Bonchev–Trinajstić information content (AvgIpc) is 2.30. The van der Waals surface area contributed by atoms with E-state index in [1.54, 1.807) is 0 Å². The van der Waals surface area contributed by atoms with E-state index in [-0.39, 0.29) is 0 Å². The molecular formula is C16H20N2. The first-order valence-electron chi connectivity index (χ1n) is 6.14. The largest absolute Gasteiger partial charge is 0.398 e. The molecule has 18 heavy (non-hydrogen) atoms. The highest BCUT2D eigenvalue weighted by atomic mass is 14.6. The lowest BCUT2D eigenvalue weighted by Gasteiger charge is -2.14. The van der Waals surface area contributed by atoms with Gasteiger partial charge in [-0.05, 0) is 50.5 Å². The number of rotatable bonds is 1. The summed E-state index contributed by atoms with van der Waals surface area (Å²) in [6.07, 6.45) is 0. The zero-order chi connectivity index (χ0) is 13.4. The molecule has 0 atom stereocenters. The van der Waals surface area contributed by atoms with Crippen LogP contribution in [0.15, 0.2) is 24.3 Å². The summed E-state index contributed by atoms with van der Waals surface area (Å²) in [5, 5.41) is 0. The lowest BCUT2D eigenvalue weighted by molar-refractivity contribution is 1.36. The number of nitrogen functional groups attached to an aromatic ring is 2. The van der Waals surface area contributed by atoms with Gasteiger partial charge < -0.3 is 11.5 Å². The molecule has 2 nitrogen and oxygen atoms in total. The van der Waals surface area contributed by atoms with Crippen LogP contribution in [0.2, 0.25) is 0 Å². The van der Waals surface area contributed by atoms with Crippen LogP contribution in [0.1, 0.15) is 22.3 Å². The molecule has 0 spiro atoms. The van der Waals surface area contributed by atoms with Crippen molar-refractivity contribution in [3.8, 4) is 11.1 Å². The molecule has 0 aliphatic carbocycles. The second-order valence-electron chi connectivity index (χ2n) is 5.07. The highest BCUT2D eigenvalue weighted by molar-refractivity contribution is 5.84. The van der Waals surface area contributed by atoms with Gasteiger partial charge in [0.1, 0.15) is 0 Å². The zero-order valence-corrected chi connectivity index (χ0v) is 11.5. The van der Waals surface area contributed by atoms with Crippen molar-refractivity contribution in [2.45, 2.75) is 27.7 Å². The van der Waals surface area contributed by atoms with E-state index in [0.29, 0.717) is 0 Å². The van der Waals surface area contributed by atoms with Gasteiger partial charge in [0.15, 0.2) is 0 Å². The Morgan fingerprint density at radius 3 is 1.83 bits per heavy atom. The standard InChI is InChI=1S/C16H20N2/c1-9-5-10(2)7-13(6-9)14-8-11(3)15(17)12(4)16(14)18/h5-8H,17-18H2,1-4H3. The Morgan fingerprint density at radius 1 is 0.722 bits per heavy atom. The number of anilines is 2. The third-order valence-corrected chi connectivity index (χ3v) is 3.42. The van der Waals surface area contributed by atoms with Gasteiger partial charge in [-0.2, -0.15) is 0 Å². The van der Waals surface area contributed by atoms with Crippen LogP contribution in [-0.4, -0.2) is 0 Å². The van der Waals surface area contributed by atoms with E-state index in [4.69, 9.17) is 11.5 Å². The second-order valence-corrected chi connectivity index (χ2v) is 5.07. The maximum atomic E-state index is 6.20. The quantitative estimate of drug-likeness (QED) is 0.746. The molecule has 0 fully saturated rings. The summed E-state index contributed by atoms with van der Waals surface area (Å²) in [6, 6.07) is 8.56. The lowest BCUT2D eigenvalue weighted by Crippen LogP contribution is -2.01. The number of nitrogens with two attached hydrogens (primary N) is 2. The van der Waals surface area contributed by atoms with Crippen molar-refractivity contribution < 1.29 is 0 Å². The van der Waals surface area contributed by atoms with Crippen molar-refractivity contribution in [1.82, 2.24) is 0 Å². The third kappa shape index (κ3) is 2.06. The van der Waals surface area contributed by atoms with Crippen LogP contribution < -0.4 is 11.5 Å². The van der Waals surface area contributed by atoms with Crippen LogP contribution in [0.4, 0.5) is 11.4 Å². The SMILES string of the molecule is Cc1cc(C)cc(-c2cc(C)c(N)c(C)c2N)c1. The van der Waals surface area contributed by atoms with Crippen molar-refractivity contribution in [3.05, 3.63) is 46.5 Å². The number of hydrogen-bond acceptors (Lipinski definition) is 2. The molecule has 2 heteroatoms. The van der Waals surface area contributed by atoms with Crippen molar-refractivity contribution in [3.63, 3.8) is 0 Å². The fourth-order valence-corrected chi connectivity index (χ4v) is 2.38. The predicted molar refractivity (Wildman–Crippen MR) is 79.7 cm³/mol. The number of benzene rings is 2. The fourth-order valence-electron chi connectivity index (χ4n) is 2.38. The first kappa shape index (κ1) is 12.5. The summed E-state index contributed by atoms with van der Waals surface area (Å²) in [5.41, 5.74) is 20.6. The molecule has 0 saturated carbocycles. The van der Waals surface area contributed by atoms with E-state index >= 15 is 0 Å². The third-order valence-electron chi connectivity index (χ3n) is 3.42. The Kier molecular flexibility index (Phi) is 3.04. The minimum absolute atomic E-state index is 0.781. The van der Waals surface area contributed by atoms with Crippen LogP contribution in [0.25, 0.3) is 11.1 Å². The first-order valence-corrected chi connectivity index (χ1v) is 6.14. The van der Waals surface area contributed by atoms with Crippen LogP contribution in [-0.2, 0) is 0 Å². The Morgan fingerprint density at radius 2 is 1.28 bits per heavy atom. The van der Waals surface area contributed by atoms with Gasteiger partial charge >= 0.3 is 0 Å². The monoisotopic (exact) mass is 240 g/mol. The minimum atomic E-state index is 0.781. The smallest absolute Gasteiger partial charge is 0.0444 e. The highest BCUT2D eigenvalue weighted by Crippen LogP contribution is 2.34. The van der Waals surface area contributed by atoms with Crippen molar-refractivity contribution in [1.29, 1.82) is 0 Å². The molecule has 0 aliphatic rings. The van der Waals surface area contributed by atoms with E-state index in [1.165, 1.54) is 11.1 Å². The molecule has 94 valence electrons. The van der Waals surface area contributed by atoms with E-state index in [0.717, 1.165) is 33.6 Å². The Bertz CT molecular complexity index is 593. The molecule has 2 aromatic carbocycles. The maximum Gasteiger partial charge on any atom is 0.0444 e. The van der Waals surface area contributed by atoms with Crippen LogP contribution in [0, 0.1) is 27.7 Å². The molecule has 0 aliphatic heterocycles. The predicted octanol–water partition coefficient (Wildman–Crippen LogP) is 3.75. The van der Waals surface area contributed by atoms with Gasteiger partial charge in [-0.3, -0.25) is 0 Å². The van der Waals surface area contributed by atoms with E-state index < -0.39 is 0 Å². The van der Waals surface area contributed by atoms with Gasteiger partial charge in [-0.25, -0.2) is 0 Å². The summed E-state index contributed by atoms with van der Waals surface area (Å²) in [7, 11) is 0. The molecule has 2 rings (SSSR count). The summed E-state index contributed by atoms with van der Waals surface area (Å²) in [5.74, 6) is 0. The van der Waals surface area contributed by atoms with E-state index in [1.807, 2.05) is 13.8 Å². The average molecular weight is 240 g/mol. The molecule has 0 saturated heterocycles. The molecule has 4 N–H and O–H groups in total. The van der Waals surface area contributed by atoms with Crippen LogP contribution in [0.3, 0.4) is 0 Å². The number of aryl methyl sites for hydroxylation is 3. The molecule has 0 radical (unpaired) electrons. The van der Waals surface area contributed by atoms with Gasteiger partial charge in [0.05, 0.1) is 0 Å². The molecule has 0 amide bonds. The van der Waals surface area contributed by atoms with Crippen LogP contribution in [0.5, 0.6) is 0 Å². The molecule has 0 aromatic heterocycles. The lowest BCUT2D eigenvalue weighted by atomic mass is 9.94. The van der Waals surface area contributed by atoms with E-state index in [9.17, 15) is 0 Å². The second kappa shape index (κ2) is 4.37. The van der Waals surface area contributed by atoms with E-state index in [2.05, 4.69) is 38.1 Å². The molecule has 0 bridgehead atoms. The Labute approximate surface area is 109 Å². The molecular weight excluding hydrogens is 220 g/mol. The van der Waals surface area contributed by atoms with Crippen LogP contribution >= 0.6 is 0 Å². The van der Waals surface area contributed by atoms with Crippen molar-refractivity contribution in [2.24, 2.45) is 0 Å². The first-order chi connectivity index (χ1) is 8.40. The Balaban J connectivity index is 2.71. The topological polar surface area (TPSA) is 52.0 Å². The van der Waals surface area contributed by atoms with Gasteiger partial charge in [-0.15, -0.1) is 0 Å². The maximum absolute atomic E-state index is 6.20. The van der Waals surface area contributed by atoms with Gasteiger partial charge in [0, 0.05) is 16.9 Å². The van der Waals surface area contributed by atoms with Gasteiger partial charge in [0.2, 0.25) is 0 Å². The summed E-state index contributed by atoms with van der Waals surface area (Å²) < 4.78 is 0. The highest BCUT2D eigenvalue weighted by Gasteiger charge is 2.10. The Hall–Kier alpha value is -1.96. The molecule has 0 heterocycles. The fraction of sp³-hybridized carbons (Fsp3) is 0.250. The van der Waals surface area contributed by atoms with Crippen molar-refractivity contribution in [2.75, 3.05) is 11.5 Å². The van der Waals surface area contributed by atoms with Gasteiger partial charge in [-0.1, -0.05) is 29.3 Å². The zero-order valence-electron chi connectivity index (χ0n) is 11.5. The molecule has 0 unspecified atom stereocenters.